The predicted molar refractivity (Wildman–Crippen MR) is 36.8 cm³/mol. The van der Waals surface area contributed by atoms with E-state index in [2.05, 4.69) is 0 Å². The van der Waals surface area contributed by atoms with E-state index in [1.807, 2.05) is 0 Å². The maximum absolute atomic E-state index is 11.2. The molecule has 3 nitrogen and oxygen atoms in total. The summed E-state index contributed by atoms with van der Waals surface area (Å²) >= 11 is 0. The van der Waals surface area contributed by atoms with Gasteiger partial charge >= 0.3 is 5.97 Å². The molecule has 1 saturated heterocycles. The lowest BCUT2D eigenvalue weighted by Crippen LogP contribution is -2.28. The molecule has 1 saturated carbocycles. The molecule has 0 radical (unpaired) electrons. The number of carbonyl (C=O) groups is 2. The van der Waals surface area contributed by atoms with Crippen LogP contribution in [0.2, 0.25) is 0 Å². The first-order valence-corrected chi connectivity index (χ1v) is 3.99. The summed E-state index contributed by atoms with van der Waals surface area (Å²) in [6.45, 7) is 0. The Kier molecular flexibility index (Phi) is 1.44. The molecule has 2 atom stereocenters. The summed E-state index contributed by atoms with van der Waals surface area (Å²) in [5, 5.41) is 0. The van der Waals surface area contributed by atoms with E-state index >= 15 is 0 Å². The topological polar surface area (TPSA) is 43.4 Å². The second kappa shape index (κ2) is 2.32. The minimum atomic E-state index is -0.199. The second-order valence-electron chi connectivity index (χ2n) is 3.20. The molecule has 3 heteroatoms. The van der Waals surface area contributed by atoms with Gasteiger partial charge < -0.3 is 4.74 Å². The monoisotopic (exact) mass is 154 g/mol. The Balaban J connectivity index is 2.15. The van der Waals surface area contributed by atoms with Gasteiger partial charge in [0.2, 0.25) is 0 Å². The maximum Gasteiger partial charge on any atom is 0.306 e. The average Bonchev–Trinajstić information content (AvgIpc) is 2.31. The molecule has 2 aliphatic rings. The Hall–Kier alpha value is -0.860. The van der Waals surface area contributed by atoms with Crippen molar-refractivity contribution in [2.24, 2.45) is 5.92 Å². The van der Waals surface area contributed by atoms with Crippen LogP contribution in [-0.4, -0.2) is 17.9 Å². The smallest absolute Gasteiger partial charge is 0.306 e. The molecule has 1 aliphatic heterocycles. The van der Waals surface area contributed by atoms with E-state index in [0.717, 1.165) is 12.8 Å². The van der Waals surface area contributed by atoms with Crippen molar-refractivity contribution in [3.63, 3.8) is 0 Å². The molecule has 0 bridgehead atoms. The molecule has 0 aromatic carbocycles. The molecule has 1 aliphatic carbocycles. The predicted octanol–water partition coefficient (Wildman–Crippen LogP) is 0.671. The van der Waals surface area contributed by atoms with Gasteiger partial charge in [-0.1, -0.05) is 0 Å². The van der Waals surface area contributed by atoms with Crippen LogP contribution in [0.4, 0.5) is 0 Å². The minimum Gasteiger partial charge on any atom is -0.462 e. The van der Waals surface area contributed by atoms with Gasteiger partial charge in [-0.15, -0.1) is 0 Å². The first kappa shape index (κ1) is 6.83. The maximum atomic E-state index is 11.2. The van der Waals surface area contributed by atoms with Crippen molar-refractivity contribution in [2.75, 3.05) is 0 Å². The van der Waals surface area contributed by atoms with Crippen molar-refractivity contribution < 1.29 is 14.3 Å². The SMILES string of the molecule is O=C1CC2C(=O)CCCC2O1. The first-order valence-electron chi connectivity index (χ1n) is 3.99. The zero-order valence-corrected chi connectivity index (χ0v) is 6.21. The third-order valence-corrected chi connectivity index (χ3v) is 2.44. The molecule has 2 fully saturated rings. The zero-order chi connectivity index (χ0) is 7.84. The van der Waals surface area contributed by atoms with Gasteiger partial charge in [-0.3, -0.25) is 9.59 Å². The quantitative estimate of drug-likeness (QED) is 0.482. The summed E-state index contributed by atoms with van der Waals surface area (Å²) < 4.78 is 4.98. The van der Waals surface area contributed by atoms with E-state index in [1.165, 1.54) is 0 Å². The number of ketones is 1. The summed E-state index contributed by atoms with van der Waals surface area (Å²) in [6, 6.07) is 0. The number of hydrogen-bond acceptors (Lipinski definition) is 3. The summed E-state index contributed by atoms with van der Waals surface area (Å²) in [7, 11) is 0. The largest absolute Gasteiger partial charge is 0.462 e. The van der Waals surface area contributed by atoms with Crippen LogP contribution in [-0.2, 0) is 14.3 Å². The van der Waals surface area contributed by atoms with Gasteiger partial charge in [0.05, 0.1) is 12.3 Å². The van der Waals surface area contributed by atoms with E-state index in [-0.39, 0.29) is 23.8 Å². The number of carbonyl (C=O) groups excluding carboxylic acids is 2. The van der Waals surface area contributed by atoms with Crippen LogP contribution in [0.3, 0.4) is 0 Å². The highest BCUT2D eigenvalue weighted by molar-refractivity contribution is 5.88. The van der Waals surface area contributed by atoms with Crippen molar-refractivity contribution >= 4 is 11.8 Å². The molecule has 0 aromatic heterocycles. The molecule has 0 aromatic rings. The van der Waals surface area contributed by atoms with Gasteiger partial charge in [0.25, 0.3) is 0 Å². The number of hydrogen-bond donors (Lipinski definition) is 0. The molecule has 0 amide bonds. The second-order valence-corrected chi connectivity index (χ2v) is 3.20. The van der Waals surface area contributed by atoms with Crippen LogP contribution >= 0.6 is 0 Å². The summed E-state index contributed by atoms with van der Waals surface area (Å²) in [6.07, 6.45) is 2.64. The normalized spacial score (nSPS) is 36.7. The number of ether oxygens (including phenoxy) is 1. The fraction of sp³-hybridized carbons (Fsp3) is 0.750. The lowest BCUT2D eigenvalue weighted by Gasteiger charge is -2.20. The molecular weight excluding hydrogens is 144 g/mol. The number of Topliss-reactive ketones (excluding diaryl/α,β-unsaturated/α-hetero) is 1. The molecule has 2 rings (SSSR count). The Morgan fingerprint density at radius 1 is 1.36 bits per heavy atom. The lowest BCUT2D eigenvalue weighted by atomic mass is 9.85. The number of fused-ring (bicyclic) bond motifs is 1. The van der Waals surface area contributed by atoms with Crippen LogP contribution in [0.15, 0.2) is 0 Å². The standard InChI is InChI=1S/C8H10O3/c9-6-2-1-3-7-5(6)4-8(10)11-7/h5,7H,1-4H2. The molecule has 0 spiro atoms. The van der Waals surface area contributed by atoms with E-state index in [0.29, 0.717) is 12.8 Å². The first-order chi connectivity index (χ1) is 5.27. The van der Waals surface area contributed by atoms with Gasteiger partial charge in [-0.05, 0) is 12.8 Å². The van der Waals surface area contributed by atoms with Crippen molar-refractivity contribution in [2.45, 2.75) is 31.8 Å². The molecular formula is C8H10O3. The van der Waals surface area contributed by atoms with Crippen LogP contribution < -0.4 is 0 Å². The van der Waals surface area contributed by atoms with E-state index in [1.54, 1.807) is 0 Å². The highest BCUT2D eigenvalue weighted by Gasteiger charge is 2.41. The lowest BCUT2D eigenvalue weighted by molar-refractivity contribution is -0.142. The summed E-state index contributed by atoms with van der Waals surface area (Å²) in [5.41, 5.74) is 0. The van der Waals surface area contributed by atoms with Crippen LogP contribution in [0.25, 0.3) is 0 Å². The van der Waals surface area contributed by atoms with Gasteiger partial charge in [-0.2, -0.15) is 0 Å². The van der Waals surface area contributed by atoms with Crippen molar-refractivity contribution in [3.05, 3.63) is 0 Å². The highest BCUT2D eigenvalue weighted by Crippen LogP contribution is 2.32. The average molecular weight is 154 g/mol. The Bertz CT molecular complexity index is 209. The molecule has 60 valence electrons. The van der Waals surface area contributed by atoms with Gasteiger partial charge in [0.15, 0.2) is 0 Å². The molecule has 11 heavy (non-hydrogen) atoms. The minimum absolute atomic E-state index is 0.0799. The van der Waals surface area contributed by atoms with Crippen molar-refractivity contribution in [3.8, 4) is 0 Å². The Morgan fingerprint density at radius 3 is 2.91 bits per heavy atom. The van der Waals surface area contributed by atoms with Gasteiger partial charge in [0.1, 0.15) is 11.9 Å². The molecule has 2 unspecified atom stereocenters. The summed E-state index contributed by atoms with van der Waals surface area (Å²) in [4.78, 5) is 22.0. The van der Waals surface area contributed by atoms with E-state index < -0.39 is 0 Å². The van der Waals surface area contributed by atoms with Gasteiger partial charge in [0, 0.05) is 6.42 Å². The third kappa shape index (κ3) is 1.04. The summed E-state index contributed by atoms with van der Waals surface area (Å²) in [5.74, 6) is -0.0846. The fourth-order valence-corrected chi connectivity index (χ4v) is 1.85. The number of esters is 1. The van der Waals surface area contributed by atoms with Crippen LogP contribution in [0.1, 0.15) is 25.7 Å². The van der Waals surface area contributed by atoms with Crippen LogP contribution in [0.5, 0.6) is 0 Å². The van der Waals surface area contributed by atoms with Crippen molar-refractivity contribution in [1.29, 1.82) is 0 Å². The van der Waals surface area contributed by atoms with Gasteiger partial charge in [-0.25, -0.2) is 0 Å². The molecule has 0 N–H and O–H groups in total. The Morgan fingerprint density at radius 2 is 2.18 bits per heavy atom. The zero-order valence-electron chi connectivity index (χ0n) is 6.21. The third-order valence-electron chi connectivity index (χ3n) is 2.44. The number of rotatable bonds is 0. The Labute approximate surface area is 64.7 Å². The highest BCUT2D eigenvalue weighted by atomic mass is 16.6. The fourth-order valence-electron chi connectivity index (χ4n) is 1.85. The van der Waals surface area contributed by atoms with Crippen molar-refractivity contribution in [1.82, 2.24) is 0 Å². The van der Waals surface area contributed by atoms with E-state index in [4.69, 9.17) is 4.74 Å². The van der Waals surface area contributed by atoms with Crippen LogP contribution in [0, 0.1) is 5.92 Å². The van der Waals surface area contributed by atoms with E-state index in [9.17, 15) is 9.59 Å². The molecule has 1 heterocycles.